The van der Waals surface area contributed by atoms with E-state index in [1.807, 2.05) is 96.7 Å². The molecule has 9 heteroatoms. The van der Waals surface area contributed by atoms with E-state index >= 15 is 0 Å². The first kappa shape index (κ1) is 26.5. The highest BCUT2D eigenvalue weighted by atomic mass is 32.1. The normalized spacial score (nSPS) is 11.8. The van der Waals surface area contributed by atoms with Crippen LogP contribution in [0, 0.1) is 6.92 Å². The van der Waals surface area contributed by atoms with Crippen LogP contribution in [0.4, 0.5) is 0 Å². The molecule has 0 amide bonds. The number of para-hydroxylation sites is 1. The van der Waals surface area contributed by atoms with Crippen LogP contribution in [0.2, 0.25) is 0 Å². The van der Waals surface area contributed by atoms with E-state index in [2.05, 4.69) is 17.0 Å². The van der Waals surface area contributed by atoms with Gasteiger partial charge in [0.25, 0.3) is 5.56 Å². The van der Waals surface area contributed by atoms with Crippen molar-refractivity contribution in [1.29, 1.82) is 0 Å². The highest BCUT2D eigenvalue weighted by Gasteiger charge is 2.16. The number of aromatic nitrogens is 5. The van der Waals surface area contributed by atoms with Crippen LogP contribution in [0.15, 0.2) is 83.8 Å². The van der Waals surface area contributed by atoms with Crippen LogP contribution in [-0.4, -0.2) is 38.1 Å². The summed E-state index contributed by atoms with van der Waals surface area (Å²) in [6.45, 7) is 4.83. The maximum absolute atomic E-state index is 13.4. The predicted molar refractivity (Wildman–Crippen MR) is 162 cm³/mol. The van der Waals surface area contributed by atoms with Crippen LogP contribution in [0.1, 0.15) is 30.9 Å². The van der Waals surface area contributed by atoms with Gasteiger partial charge in [-0.3, -0.25) is 4.79 Å². The summed E-state index contributed by atoms with van der Waals surface area (Å²) in [5, 5.41) is 9.42. The molecular formula is C32H29N5O3S. The number of methoxy groups -OCH3 is 1. The second-order valence-corrected chi connectivity index (χ2v) is 10.7. The molecule has 0 aliphatic rings. The van der Waals surface area contributed by atoms with Gasteiger partial charge in [-0.05, 0) is 79.6 Å². The Morgan fingerprint density at radius 3 is 2.46 bits per heavy atom. The summed E-state index contributed by atoms with van der Waals surface area (Å²) in [5.74, 6) is 2.12. The predicted octanol–water partition coefficient (Wildman–Crippen LogP) is 5.71. The summed E-state index contributed by atoms with van der Waals surface area (Å²) in [6.07, 6.45) is 5.91. The Morgan fingerprint density at radius 1 is 0.976 bits per heavy atom. The van der Waals surface area contributed by atoms with Crippen molar-refractivity contribution in [2.75, 3.05) is 13.7 Å². The van der Waals surface area contributed by atoms with Crippen LogP contribution < -0.4 is 19.6 Å². The standard InChI is InChI=1S/C32H29N5O3S/c1-4-5-17-40-26-14-11-22(12-15-26)30-33-32-37(35-30)31(38)28(41-32)19-24-20-36(25-9-7-6-8-10-25)34-29(24)23-13-16-27(39-3)21(2)18-23/h6-16,18-20H,4-5,17H2,1-3H3. The molecule has 0 aliphatic carbocycles. The highest BCUT2D eigenvalue weighted by molar-refractivity contribution is 7.15. The third kappa shape index (κ3) is 5.36. The zero-order chi connectivity index (χ0) is 28.3. The Bertz CT molecular complexity index is 1920. The Hall–Kier alpha value is -4.76. The maximum Gasteiger partial charge on any atom is 0.291 e. The minimum absolute atomic E-state index is 0.215. The zero-order valence-corrected chi connectivity index (χ0v) is 23.9. The lowest BCUT2D eigenvalue weighted by atomic mass is 10.0. The first-order valence-corrected chi connectivity index (χ1v) is 14.3. The van der Waals surface area contributed by atoms with Gasteiger partial charge in [-0.2, -0.15) is 14.6 Å². The van der Waals surface area contributed by atoms with Crippen molar-refractivity contribution in [1.82, 2.24) is 24.4 Å². The van der Waals surface area contributed by atoms with Crippen molar-refractivity contribution >= 4 is 22.4 Å². The highest BCUT2D eigenvalue weighted by Crippen LogP contribution is 2.29. The van der Waals surface area contributed by atoms with Gasteiger partial charge >= 0.3 is 0 Å². The van der Waals surface area contributed by atoms with E-state index < -0.39 is 0 Å². The lowest BCUT2D eigenvalue weighted by Crippen LogP contribution is -2.23. The number of fused-ring (bicyclic) bond motifs is 1. The van der Waals surface area contributed by atoms with E-state index in [9.17, 15) is 4.79 Å². The Morgan fingerprint density at radius 2 is 1.76 bits per heavy atom. The molecule has 0 aliphatic heterocycles. The molecule has 0 saturated heterocycles. The van der Waals surface area contributed by atoms with E-state index in [0.717, 1.165) is 58.0 Å². The average Bonchev–Trinajstić information content (AvgIpc) is 3.69. The topological polar surface area (TPSA) is 83.5 Å². The molecule has 8 nitrogen and oxygen atoms in total. The van der Waals surface area contributed by atoms with Gasteiger partial charge in [-0.15, -0.1) is 5.10 Å². The SMILES string of the molecule is CCCCOc1ccc(-c2nc3sc(=Cc4cn(-c5ccccc5)nc4-c4ccc(OC)c(C)c4)c(=O)n3n2)cc1. The lowest BCUT2D eigenvalue weighted by molar-refractivity contribution is 0.309. The lowest BCUT2D eigenvalue weighted by Gasteiger charge is -2.06. The van der Waals surface area contributed by atoms with Gasteiger partial charge < -0.3 is 9.47 Å². The third-order valence-electron chi connectivity index (χ3n) is 6.78. The second kappa shape index (κ2) is 11.4. The first-order chi connectivity index (χ1) is 20.0. The van der Waals surface area contributed by atoms with Crippen LogP contribution in [0.3, 0.4) is 0 Å². The van der Waals surface area contributed by atoms with E-state index in [-0.39, 0.29) is 5.56 Å². The fourth-order valence-corrected chi connectivity index (χ4v) is 5.49. The van der Waals surface area contributed by atoms with Crippen molar-refractivity contribution < 1.29 is 9.47 Å². The molecule has 3 aromatic carbocycles. The number of unbranched alkanes of at least 4 members (excludes halogenated alkanes) is 1. The average molecular weight is 564 g/mol. The molecule has 0 saturated carbocycles. The summed E-state index contributed by atoms with van der Waals surface area (Å²) in [7, 11) is 1.66. The fraction of sp³-hybridized carbons (Fsp3) is 0.188. The summed E-state index contributed by atoms with van der Waals surface area (Å²) in [5.41, 5.74) is 5.05. The molecule has 206 valence electrons. The maximum atomic E-state index is 13.4. The van der Waals surface area contributed by atoms with E-state index in [1.54, 1.807) is 7.11 Å². The zero-order valence-electron chi connectivity index (χ0n) is 23.1. The molecule has 0 spiro atoms. The molecule has 0 N–H and O–H groups in total. The van der Waals surface area contributed by atoms with Crippen molar-refractivity contribution in [2.24, 2.45) is 0 Å². The fourth-order valence-electron chi connectivity index (χ4n) is 4.59. The van der Waals surface area contributed by atoms with Crippen LogP contribution in [0.25, 0.3) is 39.4 Å². The van der Waals surface area contributed by atoms with Gasteiger partial charge in [0.15, 0.2) is 5.82 Å². The molecule has 6 aromatic rings. The molecule has 3 aromatic heterocycles. The van der Waals surface area contributed by atoms with Gasteiger partial charge in [-0.1, -0.05) is 42.9 Å². The quantitative estimate of drug-likeness (QED) is 0.210. The molecule has 0 radical (unpaired) electrons. The van der Waals surface area contributed by atoms with Crippen molar-refractivity contribution in [3.8, 4) is 39.8 Å². The molecule has 0 unspecified atom stereocenters. The van der Waals surface area contributed by atoms with E-state index in [4.69, 9.17) is 14.6 Å². The molecule has 0 atom stereocenters. The smallest absolute Gasteiger partial charge is 0.291 e. The number of thiazole rings is 1. The Balaban J connectivity index is 1.38. The third-order valence-corrected chi connectivity index (χ3v) is 7.74. The van der Waals surface area contributed by atoms with Gasteiger partial charge in [-0.25, -0.2) is 4.68 Å². The molecule has 6 rings (SSSR count). The van der Waals surface area contributed by atoms with E-state index in [1.165, 1.54) is 15.9 Å². The number of rotatable bonds is 9. The number of nitrogens with zero attached hydrogens (tertiary/aromatic N) is 5. The minimum atomic E-state index is -0.215. The Kier molecular flexibility index (Phi) is 7.35. The van der Waals surface area contributed by atoms with Crippen LogP contribution in [0.5, 0.6) is 11.5 Å². The van der Waals surface area contributed by atoms with Crippen LogP contribution in [-0.2, 0) is 0 Å². The van der Waals surface area contributed by atoms with Gasteiger partial charge in [0.05, 0.1) is 23.9 Å². The summed E-state index contributed by atoms with van der Waals surface area (Å²) in [4.78, 5) is 18.6. The van der Waals surface area contributed by atoms with Gasteiger partial charge in [0.1, 0.15) is 17.2 Å². The molecule has 41 heavy (non-hydrogen) atoms. The van der Waals surface area contributed by atoms with Crippen molar-refractivity contribution in [3.05, 3.63) is 105 Å². The summed E-state index contributed by atoms with van der Waals surface area (Å²) >= 11 is 1.31. The summed E-state index contributed by atoms with van der Waals surface area (Å²) in [6, 6.07) is 23.5. The van der Waals surface area contributed by atoms with Gasteiger partial charge in [0, 0.05) is 22.9 Å². The second-order valence-electron chi connectivity index (χ2n) is 9.67. The summed E-state index contributed by atoms with van der Waals surface area (Å²) < 4.78 is 14.9. The number of hydrogen-bond acceptors (Lipinski definition) is 7. The molecule has 0 fully saturated rings. The van der Waals surface area contributed by atoms with Crippen molar-refractivity contribution in [3.63, 3.8) is 0 Å². The molecule has 3 heterocycles. The monoisotopic (exact) mass is 563 g/mol. The number of aryl methyl sites for hydroxylation is 1. The number of ether oxygens (including phenoxy) is 2. The van der Waals surface area contributed by atoms with Gasteiger partial charge in [0.2, 0.25) is 4.96 Å². The molecular weight excluding hydrogens is 534 g/mol. The van der Waals surface area contributed by atoms with Crippen LogP contribution >= 0.6 is 11.3 Å². The Labute approximate surface area is 241 Å². The number of benzene rings is 3. The minimum Gasteiger partial charge on any atom is -0.496 e. The van der Waals surface area contributed by atoms with Crippen molar-refractivity contribution in [2.45, 2.75) is 26.7 Å². The largest absolute Gasteiger partial charge is 0.496 e. The van der Waals surface area contributed by atoms with E-state index in [0.29, 0.717) is 21.9 Å². The number of hydrogen-bond donors (Lipinski definition) is 0. The molecule has 0 bridgehead atoms. The first-order valence-electron chi connectivity index (χ1n) is 13.5.